The largest absolute Gasteiger partial charge is 0.349 e. The Morgan fingerprint density at radius 2 is 1.70 bits per heavy atom. The summed E-state index contributed by atoms with van der Waals surface area (Å²) in [4.78, 5) is 12.6. The second kappa shape index (κ2) is 9.35. The van der Waals surface area contributed by atoms with Gasteiger partial charge in [-0.1, -0.05) is 36.8 Å². The maximum atomic E-state index is 12.5. The fourth-order valence-corrected chi connectivity index (χ4v) is 4.80. The summed E-state index contributed by atoms with van der Waals surface area (Å²) in [5.74, 6) is 0.0893. The minimum atomic E-state index is -3.44. The molecule has 0 saturated heterocycles. The summed E-state index contributed by atoms with van der Waals surface area (Å²) < 4.78 is 25.1. The van der Waals surface area contributed by atoms with Crippen molar-refractivity contribution in [3.63, 3.8) is 0 Å². The fraction of sp³-hybridized carbons (Fsp3) is 0.350. The Bertz CT molecular complexity index is 855. The summed E-state index contributed by atoms with van der Waals surface area (Å²) in [5, 5.41) is 3.03. The second-order valence-corrected chi connectivity index (χ2v) is 8.77. The van der Waals surface area contributed by atoms with E-state index in [9.17, 15) is 13.2 Å². The van der Waals surface area contributed by atoms with Gasteiger partial charge in [0.1, 0.15) is 0 Å². The molecule has 1 aliphatic carbocycles. The fourth-order valence-electron chi connectivity index (χ4n) is 3.45. The van der Waals surface area contributed by atoms with Crippen molar-refractivity contribution in [2.24, 2.45) is 11.7 Å². The summed E-state index contributed by atoms with van der Waals surface area (Å²) in [6.07, 6.45) is 3.05. The first kappa shape index (κ1) is 21.4. The van der Waals surface area contributed by atoms with Crippen molar-refractivity contribution in [3.8, 4) is 0 Å². The molecule has 1 saturated carbocycles. The third-order valence-corrected chi connectivity index (χ3v) is 6.66. The number of carbonyl (C=O) groups excluding carboxylic acids is 1. The Balaban J connectivity index is 0.00000261. The highest BCUT2D eigenvalue weighted by Crippen LogP contribution is 2.25. The maximum absolute atomic E-state index is 12.5. The van der Waals surface area contributed by atoms with Crippen molar-refractivity contribution >= 4 is 28.2 Å². The third kappa shape index (κ3) is 5.31. The molecule has 3 rings (SSSR count). The molecular formula is C20H25ClN2O3S. The summed E-state index contributed by atoms with van der Waals surface area (Å²) >= 11 is 0. The smallest absolute Gasteiger partial charge is 0.251 e. The lowest BCUT2D eigenvalue weighted by Gasteiger charge is -2.19. The molecule has 1 amide bonds. The van der Waals surface area contributed by atoms with Crippen LogP contribution in [0.1, 0.15) is 35.2 Å². The Morgan fingerprint density at radius 3 is 2.33 bits per heavy atom. The molecule has 0 bridgehead atoms. The van der Waals surface area contributed by atoms with Gasteiger partial charge < -0.3 is 11.1 Å². The van der Waals surface area contributed by atoms with E-state index in [1.165, 1.54) is 12.1 Å². The Hall–Kier alpha value is -1.89. The SMILES string of the molecule is Cl.NCC1CCCC1NC(=O)c1ccc(S(=O)(=O)Cc2ccccc2)cc1. The number of sulfone groups is 1. The zero-order chi connectivity index (χ0) is 18.6. The lowest BCUT2D eigenvalue weighted by atomic mass is 10.0. The highest BCUT2D eigenvalue weighted by molar-refractivity contribution is 7.90. The number of carbonyl (C=O) groups is 1. The minimum absolute atomic E-state index is 0. The van der Waals surface area contributed by atoms with Crippen LogP contribution in [0, 0.1) is 5.92 Å². The molecule has 1 fully saturated rings. The summed E-state index contributed by atoms with van der Waals surface area (Å²) in [5.41, 5.74) is 6.96. The molecule has 27 heavy (non-hydrogen) atoms. The van der Waals surface area contributed by atoms with Crippen LogP contribution in [0.2, 0.25) is 0 Å². The molecule has 3 N–H and O–H groups in total. The van der Waals surface area contributed by atoms with E-state index in [2.05, 4.69) is 5.32 Å². The number of nitrogens with two attached hydrogens (primary N) is 1. The topological polar surface area (TPSA) is 89.3 Å². The second-order valence-electron chi connectivity index (χ2n) is 6.78. The number of hydrogen-bond donors (Lipinski definition) is 2. The lowest BCUT2D eigenvalue weighted by molar-refractivity contribution is 0.0928. The van der Waals surface area contributed by atoms with Crippen LogP contribution >= 0.6 is 12.4 Å². The number of nitrogens with one attached hydrogen (secondary N) is 1. The Labute approximate surface area is 166 Å². The summed E-state index contributed by atoms with van der Waals surface area (Å²) in [6, 6.07) is 15.3. The molecule has 5 nitrogen and oxygen atoms in total. The lowest BCUT2D eigenvalue weighted by Crippen LogP contribution is -2.39. The molecular weight excluding hydrogens is 384 g/mol. The van der Waals surface area contributed by atoms with Crippen molar-refractivity contribution in [1.29, 1.82) is 0 Å². The van der Waals surface area contributed by atoms with E-state index in [1.54, 1.807) is 24.3 Å². The minimum Gasteiger partial charge on any atom is -0.349 e. The van der Waals surface area contributed by atoms with Crippen LogP contribution in [0.3, 0.4) is 0 Å². The Kier molecular flexibility index (Phi) is 7.41. The van der Waals surface area contributed by atoms with Crippen LogP contribution in [0.5, 0.6) is 0 Å². The molecule has 2 atom stereocenters. The highest BCUT2D eigenvalue weighted by atomic mass is 35.5. The van der Waals surface area contributed by atoms with Crippen LogP contribution in [0.4, 0.5) is 0 Å². The van der Waals surface area contributed by atoms with Gasteiger partial charge in [0, 0.05) is 11.6 Å². The van der Waals surface area contributed by atoms with Gasteiger partial charge >= 0.3 is 0 Å². The van der Waals surface area contributed by atoms with Gasteiger partial charge in [-0.3, -0.25) is 4.79 Å². The molecule has 0 heterocycles. The van der Waals surface area contributed by atoms with E-state index in [4.69, 9.17) is 5.73 Å². The number of hydrogen-bond acceptors (Lipinski definition) is 4. The summed E-state index contributed by atoms with van der Waals surface area (Å²) in [7, 11) is -3.44. The Morgan fingerprint density at radius 1 is 1.04 bits per heavy atom. The molecule has 0 spiro atoms. The zero-order valence-corrected chi connectivity index (χ0v) is 16.6. The van der Waals surface area contributed by atoms with Gasteiger partial charge in [0.05, 0.1) is 10.6 Å². The van der Waals surface area contributed by atoms with Gasteiger partial charge in [0.2, 0.25) is 0 Å². The normalized spacial score (nSPS) is 19.3. The third-order valence-electron chi connectivity index (χ3n) is 4.95. The van der Waals surface area contributed by atoms with Crippen molar-refractivity contribution in [1.82, 2.24) is 5.32 Å². The van der Waals surface area contributed by atoms with Crippen molar-refractivity contribution in [2.75, 3.05) is 6.54 Å². The molecule has 7 heteroatoms. The molecule has 2 aromatic carbocycles. The van der Waals surface area contributed by atoms with Crippen molar-refractivity contribution < 1.29 is 13.2 Å². The number of amides is 1. The first-order valence-corrected chi connectivity index (χ1v) is 10.5. The molecule has 0 aromatic heterocycles. The quantitative estimate of drug-likeness (QED) is 0.768. The van der Waals surface area contributed by atoms with Crippen LogP contribution in [-0.4, -0.2) is 26.9 Å². The molecule has 2 aromatic rings. The predicted molar refractivity (Wildman–Crippen MR) is 109 cm³/mol. The van der Waals surface area contributed by atoms with E-state index >= 15 is 0 Å². The maximum Gasteiger partial charge on any atom is 0.251 e. The number of rotatable bonds is 6. The molecule has 146 valence electrons. The van der Waals surface area contributed by atoms with Gasteiger partial charge in [0.15, 0.2) is 9.84 Å². The summed E-state index contributed by atoms with van der Waals surface area (Å²) in [6.45, 7) is 0.571. The highest BCUT2D eigenvalue weighted by Gasteiger charge is 2.27. The molecule has 1 aliphatic rings. The molecule has 0 radical (unpaired) electrons. The van der Waals surface area contributed by atoms with Gasteiger partial charge in [-0.05, 0) is 55.1 Å². The van der Waals surface area contributed by atoms with E-state index in [-0.39, 0.29) is 35.0 Å². The van der Waals surface area contributed by atoms with Crippen LogP contribution in [0.25, 0.3) is 0 Å². The van der Waals surface area contributed by atoms with E-state index in [0.717, 1.165) is 24.8 Å². The average molecular weight is 409 g/mol. The van der Waals surface area contributed by atoms with Crippen molar-refractivity contribution in [2.45, 2.75) is 36.0 Å². The van der Waals surface area contributed by atoms with E-state index < -0.39 is 9.84 Å². The zero-order valence-electron chi connectivity index (χ0n) is 15.0. The van der Waals surface area contributed by atoms with Crippen molar-refractivity contribution in [3.05, 3.63) is 65.7 Å². The first-order chi connectivity index (χ1) is 12.5. The molecule has 2 unspecified atom stereocenters. The average Bonchev–Trinajstić information content (AvgIpc) is 3.09. The number of benzene rings is 2. The van der Waals surface area contributed by atoms with Crippen LogP contribution < -0.4 is 11.1 Å². The standard InChI is InChI=1S/C20H24N2O3S.ClH/c21-13-17-7-4-8-19(17)22-20(23)16-9-11-18(12-10-16)26(24,25)14-15-5-2-1-3-6-15;/h1-3,5-6,9-12,17,19H,4,7-8,13-14,21H2,(H,22,23);1H. The van der Waals surface area contributed by atoms with E-state index in [1.807, 2.05) is 18.2 Å². The van der Waals surface area contributed by atoms with Gasteiger partial charge in [-0.2, -0.15) is 0 Å². The van der Waals surface area contributed by atoms with Crippen LogP contribution in [0.15, 0.2) is 59.5 Å². The molecule has 0 aliphatic heterocycles. The first-order valence-electron chi connectivity index (χ1n) is 8.87. The number of halogens is 1. The van der Waals surface area contributed by atoms with Crippen LogP contribution in [-0.2, 0) is 15.6 Å². The van der Waals surface area contributed by atoms with E-state index in [0.29, 0.717) is 18.0 Å². The van der Waals surface area contributed by atoms with Gasteiger partial charge in [0.25, 0.3) is 5.91 Å². The van der Waals surface area contributed by atoms with Gasteiger partial charge in [-0.15, -0.1) is 12.4 Å². The van der Waals surface area contributed by atoms with Gasteiger partial charge in [-0.25, -0.2) is 8.42 Å². The monoisotopic (exact) mass is 408 g/mol. The predicted octanol–water partition coefficient (Wildman–Crippen LogP) is 2.94.